The van der Waals surface area contributed by atoms with Crippen LogP contribution >= 0.6 is 0 Å². The molecule has 1 aliphatic carbocycles. The number of hydrogen-bond donors (Lipinski definition) is 0. The molecule has 1 rings (SSSR count). The Bertz CT molecular complexity index is 275. The molecule has 17 heavy (non-hydrogen) atoms. The van der Waals surface area contributed by atoms with Gasteiger partial charge in [-0.3, -0.25) is 0 Å². The van der Waals surface area contributed by atoms with Crippen LogP contribution in [0.5, 0.6) is 0 Å². The first-order chi connectivity index (χ1) is 7.86. The Morgan fingerprint density at radius 2 is 1.82 bits per heavy atom. The standard InChI is InChI=1S/C15H30OSi/c1-11-9-10-13(15(3,4)5)7-6-8-14(16-17)12(11)2/h11,13H,6-10H2,1-5,17H3. The van der Waals surface area contributed by atoms with E-state index in [2.05, 4.69) is 34.6 Å². The lowest BCUT2D eigenvalue weighted by Gasteiger charge is -2.31. The summed E-state index contributed by atoms with van der Waals surface area (Å²) in [6, 6.07) is 0. The van der Waals surface area contributed by atoms with Crippen molar-refractivity contribution in [2.24, 2.45) is 17.3 Å². The summed E-state index contributed by atoms with van der Waals surface area (Å²) in [7, 11) is 0.834. The molecule has 0 aromatic heterocycles. The van der Waals surface area contributed by atoms with Gasteiger partial charge in [0.05, 0.1) is 5.76 Å². The average molecular weight is 254 g/mol. The van der Waals surface area contributed by atoms with E-state index >= 15 is 0 Å². The molecule has 1 aliphatic rings. The van der Waals surface area contributed by atoms with Gasteiger partial charge in [0.15, 0.2) is 0 Å². The highest BCUT2D eigenvalue weighted by Crippen LogP contribution is 2.38. The highest BCUT2D eigenvalue weighted by Gasteiger charge is 2.26. The molecular weight excluding hydrogens is 224 g/mol. The molecule has 2 unspecified atom stereocenters. The number of hydrogen-bond acceptors (Lipinski definition) is 1. The van der Waals surface area contributed by atoms with Crippen LogP contribution in [0, 0.1) is 17.3 Å². The van der Waals surface area contributed by atoms with E-state index in [-0.39, 0.29) is 0 Å². The molecule has 0 aromatic rings. The van der Waals surface area contributed by atoms with Crippen LogP contribution in [0.1, 0.15) is 66.7 Å². The third-order valence-corrected chi connectivity index (χ3v) is 5.05. The average Bonchev–Trinajstić information content (AvgIpc) is 2.30. The summed E-state index contributed by atoms with van der Waals surface area (Å²) in [5.74, 6) is 2.87. The van der Waals surface area contributed by atoms with Crippen molar-refractivity contribution in [1.82, 2.24) is 0 Å². The van der Waals surface area contributed by atoms with E-state index in [1.165, 1.54) is 37.0 Å². The molecule has 100 valence electrons. The molecule has 0 amide bonds. The Labute approximate surface area is 111 Å². The Hall–Kier alpha value is -0.243. The largest absolute Gasteiger partial charge is 0.556 e. The van der Waals surface area contributed by atoms with E-state index in [4.69, 9.17) is 4.43 Å². The zero-order valence-corrected chi connectivity index (χ0v) is 14.6. The summed E-state index contributed by atoms with van der Waals surface area (Å²) in [5, 5.41) is 0. The highest BCUT2D eigenvalue weighted by molar-refractivity contribution is 5.98. The molecule has 0 spiro atoms. The van der Waals surface area contributed by atoms with Gasteiger partial charge in [-0.25, -0.2) is 0 Å². The number of rotatable bonds is 1. The molecule has 0 fully saturated rings. The second-order valence-corrected chi connectivity index (χ2v) is 7.15. The van der Waals surface area contributed by atoms with Crippen LogP contribution < -0.4 is 0 Å². The number of allylic oxidation sites excluding steroid dienone is 2. The fraction of sp³-hybridized carbons (Fsp3) is 0.867. The van der Waals surface area contributed by atoms with Gasteiger partial charge in [-0.05, 0) is 55.4 Å². The van der Waals surface area contributed by atoms with Crippen LogP contribution in [0.3, 0.4) is 0 Å². The molecule has 0 heterocycles. The molecular formula is C15H30OSi. The summed E-state index contributed by atoms with van der Waals surface area (Å²) in [6.07, 6.45) is 6.51. The van der Waals surface area contributed by atoms with Gasteiger partial charge in [0.25, 0.3) is 0 Å². The molecule has 0 aliphatic heterocycles. The Morgan fingerprint density at radius 3 is 2.35 bits per heavy atom. The van der Waals surface area contributed by atoms with Crippen LogP contribution in [-0.2, 0) is 4.43 Å². The molecule has 2 heteroatoms. The fourth-order valence-corrected chi connectivity index (χ4v) is 3.45. The maximum Gasteiger partial charge on any atom is 0.203 e. The van der Waals surface area contributed by atoms with E-state index in [0.717, 1.165) is 22.8 Å². The van der Waals surface area contributed by atoms with Crippen molar-refractivity contribution in [3.05, 3.63) is 11.3 Å². The molecule has 0 saturated heterocycles. The van der Waals surface area contributed by atoms with Crippen LogP contribution in [-0.4, -0.2) is 10.5 Å². The molecule has 0 aromatic carbocycles. The smallest absolute Gasteiger partial charge is 0.203 e. The fourth-order valence-electron chi connectivity index (χ4n) is 2.92. The third-order valence-electron chi connectivity index (χ3n) is 4.55. The van der Waals surface area contributed by atoms with E-state index in [9.17, 15) is 0 Å². The molecule has 1 nitrogen and oxygen atoms in total. The summed E-state index contributed by atoms with van der Waals surface area (Å²) >= 11 is 0. The quantitative estimate of drug-likeness (QED) is 0.646. The van der Waals surface area contributed by atoms with E-state index in [1.54, 1.807) is 0 Å². The third kappa shape index (κ3) is 4.17. The van der Waals surface area contributed by atoms with Crippen LogP contribution in [0.25, 0.3) is 0 Å². The van der Waals surface area contributed by atoms with Crippen molar-refractivity contribution in [2.45, 2.75) is 66.7 Å². The predicted octanol–water partition coefficient (Wildman–Crippen LogP) is 3.82. The van der Waals surface area contributed by atoms with Crippen molar-refractivity contribution < 1.29 is 4.43 Å². The lowest BCUT2D eigenvalue weighted by molar-refractivity contribution is 0.200. The summed E-state index contributed by atoms with van der Waals surface area (Å²) < 4.78 is 5.70. The van der Waals surface area contributed by atoms with Crippen molar-refractivity contribution in [1.29, 1.82) is 0 Å². The van der Waals surface area contributed by atoms with E-state index < -0.39 is 0 Å². The van der Waals surface area contributed by atoms with Gasteiger partial charge < -0.3 is 4.43 Å². The highest BCUT2D eigenvalue weighted by atomic mass is 28.2. The van der Waals surface area contributed by atoms with Crippen molar-refractivity contribution in [3.8, 4) is 0 Å². The molecule has 0 N–H and O–H groups in total. The van der Waals surface area contributed by atoms with Gasteiger partial charge in [-0.15, -0.1) is 0 Å². The minimum atomic E-state index is 0.458. The first-order valence-corrected chi connectivity index (χ1v) is 7.91. The van der Waals surface area contributed by atoms with Gasteiger partial charge in [-0.1, -0.05) is 27.7 Å². The first kappa shape index (κ1) is 14.8. The maximum absolute atomic E-state index is 5.70. The van der Waals surface area contributed by atoms with Crippen LogP contribution in [0.4, 0.5) is 0 Å². The second kappa shape index (κ2) is 6.08. The topological polar surface area (TPSA) is 9.23 Å². The predicted molar refractivity (Wildman–Crippen MR) is 78.9 cm³/mol. The zero-order valence-electron chi connectivity index (χ0n) is 12.6. The zero-order chi connectivity index (χ0) is 13.1. The second-order valence-electron chi connectivity index (χ2n) is 6.74. The van der Waals surface area contributed by atoms with Gasteiger partial charge >= 0.3 is 0 Å². The summed E-state index contributed by atoms with van der Waals surface area (Å²) in [5.41, 5.74) is 1.97. The van der Waals surface area contributed by atoms with Crippen LogP contribution in [0.2, 0.25) is 0 Å². The van der Waals surface area contributed by atoms with Crippen molar-refractivity contribution in [3.63, 3.8) is 0 Å². The van der Waals surface area contributed by atoms with E-state index in [0.29, 0.717) is 11.3 Å². The molecule has 0 bridgehead atoms. The molecule has 0 saturated carbocycles. The lowest BCUT2D eigenvalue weighted by Crippen LogP contribution is -2.21. The molecule has 0 radical (unpaired) electrons. The van der Waals surface area contributed by atoms with E-state index in [1.807, 2.05) is 0 Å². The Morgan fingerprint density at radius 1 is 1.18 bits per heavy atom. The monoisotopic (exact) mass is 254 g/mol. The lowest BCUT2D eigenvalue weighted by atomic mass is 9.74. The molecule has 2 atom stereocenters. The Kier molecular flexibility index (Phi) is 5.30. The summed E-state index contributed by atoms with van der Waals surface area (Å²) in [6.45, 7) is 11.8. The minimum absolute atomic E-state index is 0.458. The Balaban J connectivity index is 2.77. The first-order valence-electron chi connectivity index (χ1n) is 7.10. The van der Waals surface area contributed by atoms with Crippen molar-refractivity contribution >= 4 is 10.5 Å². The van der Waals surface area contributed by atoms with Gasteiger partial charge in [0.1, 0.15) is 0 Å². The SMILES string of the molecule is CC1=C(O[SiH3])CCCC(C(C)(C)C)CCC1C. The van der Waals surface area contributed by atoms with Gasteiger partial charge in [0, 0.05) is 6.42 Å². The minimum Gasteiger partial charge on any atom is -0.556 e. The summed E-state index contributed by atoms with van der Waals surface area (Å²) in [4.78, 5) is 0. The maximum atomic E-state index is 5.70. The van der Waals surface area contributed by atoms with Crippen LogP contribution in [0.15, 0.2) is 11.3 Å². The van der Waals surface area contributed by atoms with Crippen molar-refractivity contribution in [2.75, 3.05) is 0 Å². The normalized spacial score (nSPS) is 28.5. The van der Waals surface area contributed by atoms with Gasteiger partial charge in [-0.2, -0.15) is 0 Å². The van der Waals surface area contributed by atoms with Gasteiger partial charge in [0.2, 0.25) is 10.5 Å².